The molecule has 1 fully saturated rings. The quantitative estimate of drug-likeness (QED) is 0.897. The minimum absolute atomic E-state index is 0.105. The lowest BCUT2D eigenvalue weighted by molar-refractivity contribution is -0.129. The van der Waals surface area contributed by atoms with Crippen molar-refractivity contribution in [1.29, 1.82) is 0 Å². The first kappa shape index (κ1) is 14.8. The number of carbonyl (C=O) groups is 1. The fraction of sp³-hybridized carbons (Fsp3) is 0.632. The minimum atomic E-state index is -0.105. The average molecular weight is 285 g/mol. The van der Waals surface area contributed by atoms with Gasteiger partial charge in [-0.05, 0) is 61.8 Å². The molecule has 1 atom stereocenters. The number of piperidine rings is 1. The van der Waals surface area contributed by atoms with Crippen LogP contribution in [0.2, 0.25) is 0 Å². The number of Topliss-reactive ketones (excluding diaryl/α,β-unsaturated/α-hetero) is 1. The number of aryl methyl sites for hydroxylation is 2. The highest BCUT2D eigenvalue weighted by Crippen LogP contribution is 2.34. The fourth-order valence-corrected chi connectivity index (χ4v) is 4.15. The number of benzene rings is 1. The molecule has 1 unspecified atom stereocenters. The van der Waals surface area contributed by atoms with Gasteiger partial charge in [0, 0.05) is 18.4 Å². The second kappa shape index (κ2) is 6.31. The van der Waals surface area contributed by atoms with Gasteiger partial charge in [-0.3, -0.25) is 4.79 Å². The number of carbonyl (C=O) groups excluding carboxylic acids is 1. The molecule has 0 saturated carbocycles. The highest BCUT2D eigenvalue weighted by Gasteiger charge is 2.37. The van der Waals surface area contributed by atoms with Crippen LogP contribution in [-0.4, -0.2) is 18.9 Å². The molecule has 2 nitrogen and oxygen atoms in total. The Morgan fingerprint density at radius 1 is 1.24 bits per heavy atom. The van der Waals surface area contributed by atoms with Gasteiger partial charge in [0.05, 0.1) is 0 Å². The molecule has 0 amide bonds. The molecule has 1 aliphatic heterocycles. The van der Waals surface area contributed by atoms with Gasteiger partial charge in [0.2, 0.25) is 0 Å². The zero-order valence-corrected chi connectivity index (χ0v) is 13.2. The maximum atomic E-state index is 12.9. The van der Waals surface area contributed by atoms with Crippen LogP contribution in [0.1, 0.15) is 55.7 Å². The van der Waals surface area contributed by atoms with Crippen molar-refractivity contribution >= 4 is 5.78 Å². The van der Waals surface area contributed by atoms with Gasteiger partial charge >= 0.3 is 0 Å². The van der Waals surface area contributed by atoms with Crippen molar-refractivity contribution in [2.75, 3.05) is 13.1 Å². The summed E-state index contributed by atoms with van der Waals surface area (Å²) >= 11 is 0. The molecule has 2 aliphatic rings. The number of ketones is 1. The molecular formula is C19H27NO. The molecule has 0 aromatic heterocycles. The normalized spacial score (nSPS) is 24.8. The topological polar surface area (TPSA) is 29.1 Å². The second-order valence-electron chi connectivity index (χ2n) is 6.87. The van der Waals surface area contributed by atoms with E-state index in [9.17, 15) is 4.79 Å². The summed E-state index contributed by atoms with van der Waals surface area (Å²) in [6.45, 7) is 4.14. The molecule has 3 rings (SSSR count). The lowest BCUT2D eigenvalue weighted by atomic mass is 9.72. The van der Waals surface area contributed by atoms with E-state index in [1.807, 2.05) is 0 Å². The van der Waals surface area contributed by atoms with Crippen molar-refractivity contribution in [1.82, 2.24) is 5.32 Å². The van der Waals surface area contributed by atoms with E-state index in [4.69, 9.17) is 0 Å². The van der Waals surface area contributed by atoms with Crippen molar-refractivity contribution < 1.29 is 4.79 Å². The number of nitrogens with one attached hydrogen (secondary N) is 1. The van der Waals surface area contributed by atoms with Crippen LogP contribution in [-0.2, 0) is 24.1 Å². The van der Waals surface area contributed by atoms with Crippen molar-refractivity contribution in [3.8, 4) is 0 Å². The summed E-state index contributed by atoms with van der Waals surface area (Å²) in [7, 11) is 0. The molecule has 0 bridgehead atoms. The van der Waals surface area contributed by atoms with Gasteiger partial charge in [-0.15, -0.1) is 0 Å². The van der Waals surface area contributed by atoms with E-state index < -0.39 is 0 Å². The summed E-state index contributed by atoms with van der Waals surface area (Å²) in [6.07, 6.45) is 8.63. The van der Waals surface area contributed by atoms with Gasteiger partial charge in [0.15, 0.2) is 0 Å². The molecule has 1 aliphatic carbocycles. The molecule has 0 radical (unpaired) electrons. The third kappa shape index (κ3) is 3.06. The zero-order valence-electron chi connectivity index (χ0n) is 13.2. The smallest absolute Gasteiger partial charge is 0.144 e. The first-order valence-corrected chi connectivity index (χ1v) is 8.58. The van der Waals surface area contributed by atoms with Gasteiger partial charge in [0.25, 0.3) is 0 Å². The summed E-state index contributed by atoms with van der Waals surface area (Å²) in [6, 6.07) is 6.71. The van der Waals surface area contributed by atoms with Crippen LogP contribution < -0.4 is 5.32 Å². The molecular weight excluding hydrogens is 258 g/mol. The van der Waals surface area contributed by atoms with Crippen LogP contribution in [0.3, 0.4) is 0 Å². The predicted octanol–water partition coefficient (Wildman–Crippen LogP) is 3.46. The van der Waals surface area contributed by atoms with E-state index in [1.54, 1.807) is 0 Å². The van der Waals surface area contributed by atoms with Crippen molar-refractivity contribution in [3.05, 3.63) is 34.9 Å². The Hall–Kier alpha value is -1.15. The van der Waals surface area contributed by atoms with E-state index in [1.165, 1.54) is 36.0 Å². The second-order valence-corrected chi connectivity index (χ2v) is 6.87. The maximum Gasteiger partial charge on any atom is 0.144 e. The van der Waals surface area contributed by atoms with E-state index >= 15 is 0 Å². The fourth-order valence-electron chi connectivity index (χ4n) is 4.15. The highest BCUT2D eigenvalue weighted by molar-refractivity contribution is 5.87. The van der Waals surface area contributed by atoms with Crippen LogP contribution in [0.5, 0.6) is 0 Å². The largest absolute Gasteiger partial charge is 0.316 e. The van der Waals surface area contributed by atoms with Crippen LogP contribution in [0, 0.1) is 5.41 Å². The standard InChI is InChI=1S/C19H27NO/c1-2-9-19(10-4-11-20-14-19)18(21)13-15-7-8-16-5-3-6-17(16)12-15/h7-8,12,20H,2-6,9-11,13-14H2,1H3. The van der Waals surface area contributed by atoms with Crippen molar-refractivity contribution in [2.24, 2.45) is 5.41 Å². The van der Waals surface area contributed by atoms with Gasteiger partial charge in [-0.1, -0.05) is 31.5 Å². The first-order chi connectivity index (χ1) is 10.2. The Morgan fingerprint density at radius 2 is 2.10 bits per heavy atom. The number of rotatable bonds is 5. The summed E-state index contributed by atoms with van der Waals surface area (Å²) in [4.78, 5) is 12.9. The molecule has 1 heterocycles. The maximum absolute atomic E-state index is 12.9. The average Bonchev–Trinajstić information content (AvgIpc) is 2.96. The molecule has 1 aromatic rings. The van der Waals surface area contributed by atoms with E-state index in [-0.39, 0.29) is 5.41 Å². The lowest BCUT2D eigenvalue weighted by Crippen LogP contribution is -2.46. The predicted molar refractivity (Wildman–Crippen MR) is 86.6 cm³/mol. The van der Waals surface area contributed by atoms with Crippen LogP contribution >= 0.6 is 0 Å². The van der Waals surface area contributed by atoms with Crippen molar-refractivity contribution in [2.45, 2.75) is 58.3 Å². The lowest BCUT2D eigenvalue weighted by Gasteiger charge is -2.36. The number of hydrogen-bond acceptors (Lipinski definition) is 2. The molecule has 2 heteroatoms. The van der Waals surface area contributed by atoms with Crippen molar-refractivity contribution in [3.63, 3.8) is 0 Å². The Bertz CT molecular complexity index is 509. The summed E-state index contributed by atoms with van der Waals surface area (Å²) in [5, 5.41) is 3.45. The summed E-state index contributed by atoms with van der Waals surface area (Å²) in [5.74, 6) is 0.453. The van der Waals surface area contributed by atoms with Gasteiger partial charge < -0.3 is 5.32 Å². The Labute approximate surface area is 128 Å². The Morgan fingerprint density at radius 3 is 2.86 bits per heavy atom. The van der Waals surface area contributed by atoms with E-state index in [0.717, 1.165) is 38.8 Å². The van der Waals surface area contributed by atoms with Gasteiger partial charge in [-0.2, -0.15) is 0 Å². The molecule has 1 N–H and O–H groups in total. The Kier molecular flexibility index (Phi) is 4.44. The third-order valence-corrected chi connectivity index (χ3v) is 5.32. The number of hydrogen-bond donors (Lipinski definition) is 1. The first-order valence-electron chi connectivity index (χ1n) is 8.58. The van der Waals surface area contributed by atoms with Gasteiger partial charge in [-0.25, -0.2) is 0 Å². The SMILES string of the molecule is CCCC1(C(=O)Cc2ccc3c(c2)CCC3)CCCNC1. The van der Waals surface area contributed by atoms with Crippen LogP contribution in [0.4, 0.5) is 0 Å². The molecule has 1 saturated heterocycles. The molecule has 114 valence electrons. The number of fused-ring (bicyclic) bond motifs is 1. The van der Waals surface area contributed by atoms with Crippen LogP contribution in [0.15, 0.2) is 18.2 Å². The third-order valence-electron chi connectivity index (χ3n) is 5.32. The van der Waals surface area contributed by atoms with E-state index in [2.05, 4.69) is 30.4 Å². The summed E-state index contributed by atoms with van der Waals surface area (Å²) < 4.78 is 0. The molecule has 21 heavy (non-hydrogen) atoms. The monoisotopic (exact) mass is 285 g/mol. The van der Waals surface area contributed by atoms with Crippen LogP contribution in [0.25, 0.3) is 0 Å². The highest BCUT2D eigenvalue weighted by atomic mass is 16.1. The Balaban J connectivity index is 1.74. The molecule has 1 aromatic carbocycles. The zero-order chi connectivity index (χ0) is 14.7. The summed E-state index contributed by atoms with van der Waals surface area (Å²) in [5.41, 5.74) is 4.09. The van der Waals surface area contributed by atoms with Gasteiger partial charge in [0.1, 0.15) is 5.78 Å². The molecule has 0 spiro atoms. The minimum Gasteiger partial charge on any atom is -0.316 e. The van der Waals surface area contributed by atoms with E-state index in [0.29, 0.717) is 12.2 Å².